The molecule has 1 atom stereocenters. The minimum atomic E-state index is -0.464. The quantitative estimate of drug-likeness (QED) is 0.576. The summed E-state index contributed by atoms with van der Waals surface area (Å²) in [6, 6.07) is 17.7. The van der Waals surface area contributed by atoms with Crippen LogP contribution in [0.15, 0.2) is 77.1 Å². The highest BCUT2D eigenvalue weighted by atomic mass is 16.5. The van der Waals surface area contributed by atoms with Gasteiger partial charge in [-0.05, 0) is 48.9 Å². The Bertz CT molecular complexity index is 1100. The van der Waals surface area contributed by atoms with Crippen molar-refractivity contribution in [3.05, 3.63) is 88.3 Å². The van der Waals surface area contributed by atoms with Crippen molar-refractivity contribution < 1.29 is 19.1 Å². The summed E-state index contributed by atoms with van der Waals surface area (Å²) in [5.41, 5.74) is 4.79. The van der Waals surface area contributed by atoms with Gasteiger partial charge in [-0.2, -0.15) is 0 Å². The Morgan fingerprint density at radius 1 is 1.09 bits per heavy atom. The highest BCUT2D eigenvalue weighted by Gasteiger charge is 2.39. The number of allylic oxidation sites excluding steroid dienone is 3. The van der Waals surface area contributed by atoms with Gasteiger partial charge in [-0.1, -0.05) is 56.3 Å². The van der Waals surface area contributed by atoms with Gasteiger partial charge in [-0.15, -0.1) is 0 Å². The summed E-state index contributed by atoms with van der Waals surface area (Å²) >= 11 is 0. The molecule has 1 aliphatic carbocycles. The van der Waals surface area contributed by atoms with E-state index in [1.807, 2.05) is 75.4 Å². The Morgan fingerprint density at radius 2 is 1.88 bits per heavy atom. The number of hydrogen-bond acceptors (Lipinski definition) is 5. The van der Waals surface area contributed by atoms with Crippen LogP contribution >= 0.6 is 0 Å². The van der Waals surface area contributed by atoms with Crippen molar-refractivity contribution >= 4 is 11.8 Å². The number of ether oxygens (including phenoxy) is 2. The topological polar surface area (TPSA) is 64.6 Å². The summed E-state index contributed by atoms with van der Waals surface area (Å²) in [6.07, 6.45) is 2.11. The van der Waals surface area contributed by atoms with Gasteiger partial charge in [0, 0.05) is 29.3 Å². The number of carbonyl (C=O) groups excluding carboxylic acids is 2. The van der Waals surface area contributed by atoms with E-state index < -0.39 is 5.92 Å². The lowest BCUT2D eigenvalue weighted by Gasteiger charge is -2.34. The van der Waals surface area contributed by atoms with E-state index in [4.69, 9.17) is 9.47 Å². The molecule has 2 aromatic rings. The number of ketones is 1. The molecule has 0 amide bonds. The fourth-order valence-corrected chi connectivity index (χ4v) is 4.43. The van der Waals surface area contributed by atoms with Gasteiger partial charge < -0.3 is 14.8 Å². The third-order valence-electron chi connectivity index (χ3n) is 5.98. The van der Waals surface area contributed by atoms with Gasteiger partial charge in [0.15, 0.2) is 5.78 Å². The molecule has 0 unspecified atom stereocenters. The molecule has 172 valence electrons. The number of esters is 1. The molecule has 5 nitrogen and oxygen atoms in total. The summed E-state index contributed by atoms with van der Waals surface area (Å²) in [4.78, 5) is 26.2. The molecule has 0 bridgehead atoms. The van der Waals surface area contributed by atoms with Gasteiger partial charge in [0.25, 0.3) is 0 Å². The van der Waals surface area contributed by atoms with Crippen molar-refractivity contribution in [3.63, 3.8) is 0 Å². The van der Waals surface area contributed by atoms with E-state index >= 15 is 0 Å². The first kappa shape index (κ1) is 22.8. The van der Waals surface area contributed by atoms with Crippen LogP contribution in [0.1, 0.15) is 57.1 Å². The maximum Gasteiger partial charge on any atom is 0.336 e. The average Bonchev–Trinajstić information content (AvgIpc) is 2.81. The van der Waals surface area contributed by atoms with E-state index in [1.54, 1.807) is 0 Å². The molecule has 0 fully saturated rings. The van der Waals surface area contributed by atoms with Crippen LogP contribution in [0.5, 0.6) is 5.75 Å². The smallest absolute Gasteiger partial charge is 0.336 e. The van der Waals surface area contributed by atoms with Gasteiger partial charge in [0.2, 0.25) is 0 Å². The largest absolute Gasteiger partial charge is 0.489 e. The Morgan fingerprint density at radius 3 is 2.64 bits per heavy atom. The second-order valence-electron chi connectivity index (χ2n) is 9.10. The summed E-state index contributed by atoms with van der Waals surface area (Å²) in [7, 11) is 0. The molecule has 4 rings (SSSR count). The van der Waals surface area contributed by atoms with E-state index in [-0.39, 0.29) is 17.7 Å². The molecular weight excluding hydrogens is 414 g/mol. The molecule has 0 saturated carbocycles. The first-order valence-electron chi connectivity index (χ1n) is 11.6. The number of benzene rings is 2. The van der Waals surface area contributed by atoms with E-state index in [0.717, 1.165) is 35.4 Å². The second kappa shape index (κ2) is 10.1. The van der Waals surface area contributed by atoms with Crippen molar-refractivity contribution in [2.75, 3.05) is 6.61 Å². The average molecular weight is 446 g/mol. The van der Waals surface area contributed by atoms with Crippen molar-refractivity contribution in [2.24, 2.45) is 5.92 Å². The molecule has 33 heavy (non-hydrogen) atoms. The van der Waals surface area contributed by atoms with Crippen molar-refractivity contribution in [1.29, 1.82) is 0 Å². The lowest BCUT2D eigenvalue weighted by Crippen LogP contribution is -2.34. The predicted octanol–water partition coefficient (Wildman–Crippen LogP) is 5.43. The lowest BCUT2D eigenvalue weighted by atomic mass is 9.75. The molecule has 0 saturated heterocycles. The predicted molar refractivity (Wildman–Crippen MR) is 127 cm³/mol. The zero-order chi connectivity index (χ0) is 23.4. The molecule has 2 aromatic carbocycles. The van der Waals surface area contributed by atoms with Crippen molar-refractivity contribution in [1.82, 2.24) is 5.32 Å². The van der Waals surface area contributed by atoms with Crippen LogP contribution < -0.4 is 10.1 Å². The molecule has 0 aromatic heterocycles. The Balaban J connectivity index is 1.69. The number of nitrogens with one attached hydrogen (secondary N) is 1. The number of carbonyl (C=O) groups is 2. The van der Waals surface area contributed by atoms with E-state index in [0.29, 0.717) is 36.5 Å². The second-order valence-corrected chi connectivity index (χ2v) is 9.10. The number of hydrogen-bond donors (Lipinski definition) is 1. The van der Waals surface area contributed by atoms with Gasteiger partial charge in [-0.25, -0.2) is 4.79 Å². The SMILES string of the molecule is CC1=C(C(=O)OCC(C)C)[C@H](c2cccc(OCc3ccccc3)c2)C2=C(CCCC2=O)N1. The van der Waals surface area contributed by atoms with Crippen LogP contribution in [0.3, 0.4) is 0 Å². The normalized spacial score (nSPS) is 18.2. The molecular formula is C28H31NO4. The van der Waals surface area contributed by atoms with Gasteiger partial charge in [0.05, 0.1) is 12.2 Å². The van der Waals surface area contributed by atoms with E-state index in [2.05, 4.69) is 5.32 Å². The highest BCUT2D eigenvalue weighted by Crippen LogP contribution is 2.43. The van der Waals surface area contributed by atoms with Gasteiger partial charge >= 0.3 is 5.97 Å². The van der Waals surface area contributed by atoms with E-state index in [9.17, 15) is 9.59 Å². The lowest BCUT2D eigenvalue weighted by molar-refractivity contribution is -0.140. The maximum absolute atomic E-state index is 13.2. The van der Waals surface area contributed by atoms with E-state index in [1.165, 1.54) is 0 Å². The van der Waals surface area contributed by atoms with Crippen LogP contribution in [-0.2, 0) is 20.9 Å². The standard InChI is InChI=1S/C28H31NO4/c1-18(2)16-33-28(31)25-19(3)29-23-13-8-14-24(30)27(23)26(25)21-11-7-12-22(15-21)32-17-20-9-5-4-6-10-20/h4-7,9-12,15,18,26,29H,8,13-14,16-17H2,1-3H3/t26-/m0/s1. The highest BCUT2D eigenvalue weighted by molar-refractivity contribution is 6.03. The number of Topliss-reactive ketones (excluding diaryl/α,β-unsaturated/α-hetero) is 1. The molecule has 0 radical (unpaired) electrons. The summed E-state index contributed by atoms with van der Waals surface area (Å²) in [6.45, 7) is 6.68. The zero-order valence-corrected chi connectivity index (χ0v) is 19.5. The third kappa shape index (κ3) is 5.19. The third-order valence-corrected chi connectivity index (χ3v) is 5.98. The van der Waals surface area contributed by atoms with Gasteiger partial charge in [-0.3, -0.25) is 4.79 Å². The molecule has 1 N–H and O–H groups in total. The van der Waals surface area contributed by atoms with Crippen LogP contribution in [-0.4, -0.2) is 18.4 Å². The number of dihydropyridines is 1. The summed E-state index contributed by atoms with van der Waals surface area (Å²) in [5.74, 6) is 0.178. The van der Waals surface area contributed by atoms with Gasteiger partial charge in [0.1, 0.15) is 12.4 Å². The fraction of sp³-hybridized carbons (Fsp3) is 0.357. The summed E-state index contributed by atoms with van der Waals surface area (Å²) < 4.78 is 11.7. The van der Waals surface area contributed by atoms with Crippen LogP contribution in [0, 0.1) is 5.92 Å². The minimum absolute atomic E-state index is 0.0889. The first-order chi connectivity index (χ1) is 15.9. The minimum Gasteiger partial charge on any atom is -0.489 e. The van der Waals surface area contributed by atoms with Crippen LogP contribution in [0.4, 0.5) is 0 Å². The molecule has 0 spiro atoms. The van der Waals surface area contributed by atoms with Crippen LogP contribution in [0.25, 0.3) is 0 Å². The zero-order valence-electron chi connectivity index (χ0n) is 19.5. The first-order valence-corrected chi connectivity index (χ1v) is 11.6. The fourth-order valence-electron chi connectivity index (χ4n) is 4.43. The van der Waals surface area contributed by atoms with Crippen LogP contribution in [0.2, 0.25) is 0 Å². The van der Waals surface area contributed by atoms with Crippen molar-refractivity contribution in [2.45, 2.75) is 52.6 Å². The Hall–Kier alpha value is -3.34. The molecule has 5 heteroatoms. The van der Waals surface area contributed by atoms with Crippen molar-refractivity contribution in [3.8, 4) is 5.75 Å². The monoisotopic (exact) mass is 445 g/mol. The molecule has 1 heterocycles. The maximum atomic E-state index is 13.2. The Kier molecular flexibility index (Phi) is 6.97. The molecule has 2 aliphatic rings. The molecule has 1 aliphatic heterocycles. The Labute approximate surface area is 195 Å². The summed E-state index contributed by atoms with van der Waals surface area (Å²) in [5, 5.41) is 3.33. The number of rotatable bonds is 7.